The Labute approximate surface area is 146 Å². The van der Waals surface area contributed by atoms with Crippen molar-refractivity contribution in [2.45, 2.75) is 13.0 Å². The number of aliphatic hydroxyl groups excluding tert-OH is 1. The van der Waals surface area contributed by atoms with E-state index in [-0.39, 0.29) is 12.2 Å². The molecule has 2 rings (SSSR count). The molecular weight excluding hydrogens is 320 g/mol. The molecule has 0 spiro atoms. The maximum absolute atomic E-state index is 12.5. The average Bonchev–Trinajstić information content (AvgIpc) is 2.59. The van der Waals surface area contributed by atoms with E-state index in [1.165, 1.54) is 0 Å². The molecule has 0 saturated heterocycles. The fraction of sp³-hybridized carbons (Fsp3) is 0.278. The highest BCUT2D eigenvalue weighted by Gasteiger charge is 2.37. The van der Waals surface area contributed by atoms with Crippen LogP contribution in [0.3, 0.4) is 0 Å². The standard InChI is InChI=1S/C18H20N4O3/c1-4-25-18(24)15-14(10-13(11-19)22(2)3)20-16(21-17(15)23)12-8-6-5-7-9-12/h5-10,14,24H,4H2,1-3H3,(H,20,21,23)/p+1/b13-10-,18-15?/t14-/m0/s1. The molecular formula is C18H21N4O3+. The number of ether oxygens (including phenoxy) is 1. The largest absolute Gasteiger partial charge is 0.480 e. The van der Waals surface area contributed by atoms with Gasteiger partial charge in [0.05, 0.1) is 12.2 Å². The Bertz CT molecular complexity index is 773. The topological polar surface area (TPSA) is 99.6 Å². The number of amidine groups is 1. The van der Waals surface area contributed by atoms with Gasteiger partial charge in [0.15, 0.2) is 11.6 Å². The molecule has 0 unspecified atom stereocenters. The average molecular weight is 341 g/mol. The van der Waals surface area contributed by atoms with Crippen LogP contribution in [0.25, 0.3) is 0 Å². The van der Waals surface area contributed by atoms with E-state index >= 15 is 0 Å². The van der Waals surface area contributed by atoms with Crippen LogP contribution in [0.1, 0.15) is 12.5 Å². The van der Waals surface area contributed by atoms with E-state index in [2.05, 4.69) is 16.4 Å². The summed E-state index contributed by atoms with van der Waals surface area (Å²) in [7, 11) is 3.46. The van der Waals surface area contributed by atoms with Gasteiger partial charge in [0, 0.05) is 14.1 Å². The summed E-state index contributed by atoms with van der Waals surface area (Å²) in [6.45, 7) is 1.92. The van der Waals surface area contributed by atoms with Crippen molar-refractivity contribution in [1.82, 2.24) is 10.2 Å². The molecule has 3 N–H and O–H groups in total. The summed E-state index contributed by atoms with van der Waals surface area (Å²) in [6.07, 6.45) is 1.58. The summed E-state index contributed by atoms with van der Waals surface area (Å²) in [6, 6.07) is 10.6. The zero-order valence-corrected chi connectivity index (χ0v) is 14.4. The third-order valence-corrected chi connectivity index (χ3v) is 3.59. The van der Waals surface area contributed by atoms with Crippen molar-refractivity contribution < 1.29 is 19.6 Å². The van der Waals surface area contributed by atoms with Crippen LogP contribution in [0, 0.1) is 11.3 Å². The lowest BCUT2D eigenvalue weighted by molar-refractivity contribution is -0.481. The summed E-state index contributed by atoms with van der Waals surface area (Å²) in [5, 5.41) is 22.1. The number of rotatable bonds is 5. The first-order chi connectivity index (χ1) is 12.0. The van der Waals surface area contributed by atoms with E-state index in [9.17, 15) is 15.2 Å². The van der Waals surface area contributed by atoms with Crippen LogP contribution in [-0.2, 0) is 9.53 Å². The van der Waals surface area contributed by atoms with Crippen molar-refractivity contribution in [2.75, 3.05) is 20.7 Å². The molecule has 0 aliphatic carbocycles. The minimum Gasteiger partial charge on any atom is -0.480 e. The third kappa shape index (κ3) is 4.18. The van der Waals surface area contributed by atoms with Crippen LogP contribution >= 0.6 is 0 Å². The first-order valence-electron chi connectivity index (χ1n) is 7.83. The SMILES string of the molecule is CCOC(O)=C1C(=O)NC(c2ccccc2)=[NH+][C@H]1/C=C(/C#N)N(C)C. The quantitative estimate of drug-likeness (QED) is 0.391. The second-order valence-corrected chi connectivity index (χ2v) is 5.53. The molecule has 0 fully saturated rings. The molecule has 25 heavy (non-hydrogen) atoms. The van der Waals surface area contributed by atoms with E-state index in [1.54, 1.807) is 32.0 Å². The number of hydrogen-bond donors (Lipinski definition) is 3. The summed E-state index contributed by atoms with van der Waals surface area (Å²) in [5.41, 5.74) is 1.16. The molecule has 0 radical (unpaired) electrons. The highest BCUT2D eigenvalue weighted by molar-refractivity contribution is 6.12. The van der Waals surface area contributed by atoms with Crippen LogP contribution in [0.4, 0.5) is 0 Å². The maximum Gasteiger partial charge on any atom is 0.346 e. The molecule has 1 aliphatic rings. The van der Waals surface area contributed by atoms with Gasteiger partial charge in [-0.05, 0) is 25.1 Å². The van der Waals surface area contributed by atoms with Crippen molar-refractivity contribution >= 4 is 11.7 Å². The Morgan fingerprint density at radius 1 is 1.44 bits per heavy atom. The number of nitrogens with one attached hydrogen (secondary N) is 2. The van der Waals surface area contributed by atoms with Gasteiger partial charge in [-0.15, -0.1) is 0 Å². The van der Waals surface area contributed by atoms with E-state index in [0.717, 1.165) is 5.56 Å². The molecule has 1 aromatic carbocycles. The zero-order chi connectivity index (χ0) is 18.4. The van der Waals surface area contributed by atoms with Crippen LogP contribution in [0.5, 0.6) is 0 Å². The Morgan fingerprint density at radius 2 is 2.12 bits per heavy atom. The fourth-order valence-electron chi connectivity index (χ4n) is 2.36. The van der Waals surface area contributed by atoms with Crippen LogP contribution < -0.4 is 10.3 Å². The highest BCUT2D eigenvalue weighted by atomic mass is 16.6. The summed E-state index contributed by atoms with van der Waals surface area (Å²) >= 11 is 0. The van der Waals surface area contributed by atoms with E-state index in [1.807, 2.05) is 30.3 Å². The number of allylic oxidation sites excluding steroid dienone is 1. The molecule has 1 heterocycles. The molecule has 0 bridgehead atoms. The lowest BCUT2D eigenvalue weighted by atomic mass is 10.0. The second-order valence-electron chi connectivity index (χ2n) is 5.53. The number of nitriles is 1. The van der Waals surface area contributed by atoms with Crippen LogP contribution in [-0.4, -0.2) is 48.5 Å². The van der Waals surface area contributed by atoms with Gasteiger partial charge in [-0.1, -0.05) is 18.2 Å². The molecule has 0 aromatic heterocycles. The Kier molecular flexibility index (Phi) is 5.79. The number of benzene rings is 1. The number of amides is 1. The number of nitrogens with zero attached hydrogens (tertiary/aromatic N) is 2. The number of carbonyl (C=O) groups is 1. The molecule has 7 nitrogen and oxygen atoms in total. The molecule has 1 atom stereocenters. The van der Waals surface area contributed by atoms with Crippen molar-refractivity contribution in [3.8, 4) is 6.07 Å². The second kappa shape index (κ2) is 8.02. The zero-order valence-electron chi connectivity index (χ0n) is 14.4. The molecule has 130 valence electrons. The van der Waals surface area contributed by atoms with Gasteiger partial charge in [-0.2, -0.15) is 5.26 Å². The van der Waals surface area contributed by atoms with Gasteiger partial charge in [0.25, 0.3) is 11.8 Å². The van der Waals surface area contributed by atoms with Gasteiger partial charge in [0.1, 0.15) is 11.8 Å². The van der Waals surface area contributed by atoms with E-state index in [0.29, 0.717) is 11.5 Å². The van der Waals surface area contributed by atoms with Crippen molar-refractivity contribution in [1.29, 1.82) is 5.26 Å². The van der Waals surface area contributed by atoms with Crippen LogP contribution in [0.2, 0.25) is 0 Å². The van der Waals surface area contributed by atoms with E-state index in [4.69, 9.17) is 4.74 Å². The lowest BCUT2D eigenvalue weighted by Crippen LogP contribution is -2.86. The number of carbonyl (C=O) groups excluding carboxylic acids is 1. The van der Waals surface area contributed by atoms with Gasteiger partial charge >= 0.3 is 5.91 Å². The Hall–Kier alpha value is -3.27. The smallest absolute Gasteiger partial charge is 0.346 e. The Morgan fingerprint density at radius 3 is 2.68 bits per heavy atom. The number of hydrogen-bond acceptors (Lipinski definition) is 5. The fourth-order valence-corrected chi connectivity index (χ4v) is 2.36. The van der Waals surface area contributed by atoms with Crippen molar-refractivity contribution in [3.05, 3.63) is 59.2 Å². The molecule has 1 aliphatic heterocycles. The summed E-state index contributed by atoms with van der Waals surface area (Å²) < 4.78 is 5.10. The van der Waals surface area contributed by atoms with Gasteiger partial charge in [0.2, 0.25) is 0 Å². The first-order valence-corrected chi connectivity index (χ1v) is 7.83. The van der Waals surface area contributed by atoms with Gasteiger partial charge < -0.3 is 14.7 Å². The minimum absolute atomic E-state index is 0.0242. The molecule has 1 amide bonds. The van der Waals surface area contributed by atoms with Crippen molar-refractivity contribution in [3.63, 3.8) is 0 Å². The summed E-state index contributed by atoms with van der Waals surface area (Å²) in [5.74, 6) is -0.450. The Balaban J connectivity index is 2.57. The summed E-state index contributed by atoms with van der Waals surface area (Å²) in [4.78, 5) is 17.3. The minimum atomic E-state index is -0.715. The van der Waals surface area contributed by atoms with Gasteiger partial charge in [-0.25, -0.2) is 10.1 Å². The molecule has 1 aromatic rings. The molecule has 7 heteroatoms. The maximum atomic E-state index is 12.5. The molecule has 0 saturated carbocycles. The third-order valence-electron chi connectivity index (χ3n) is 3.59. The monoisotopic (exact) mass is 341 g/mol. The van der Waals surface area contributed by atoms with E-state index < -0.39 is 17.9 Å². The van der Waals surface area contributed by atoms with Crippen molar-refractivity contribution in [2.24, 2.45) is 0 Å². The highest BCUT2D eigenvalue weighted by Crippen LogP contribution is 2.13. The predicted octanol–water partition coefficient (Wildman–Crippen LogP) is -0.213. The number of aliphatic hydroxyl groups is 1. The first kappa shape index (κ1) is 18.1. The lowest BCUT2D eigenvalue weighted by Gasteiger charge is -2.19. The van der Waals surface area contributed by atoms with Crippen LogP contribution in [0.15, 0.2) is 53.6 Å². The normalized spacial score (nSPS) is 19.4. The predicted molar refractivity (Wildman–Crippen MR) is 92.1 cm³/mol. The van der Waals surface area contributed by atoms with Gasteiger partial charge in [-0.3, -0.25) is 4.99 Å².